The molecule has 4 nitrogen and oxygen atoms in total. The molecular formula is C15H19ClN2O2S. The van der Waals surface area contributed by atoms with Crippen LogP contribution in [0.4, 0.5) is 0 Å². The number of nitrogens with two attached hydrogens (primary N) is 1. The van der Waals surface area contributed by atoms with E-state index in [1.165, 1.54) is 0 Å². The van der Waals surface area contributed by atoms with Crippen molar-refractivity contribution in [3.8, 4) is 0 Å². The first-order valence-corrected chi connectivity index (χ1v) is 7.74. The standard InChI is InChI=1S/C15H19ClN2O2S/c16-12-3-1-11(2-4-12)5-8-18-14(19)15(13(17)21)6-9-20-10-7-15/h1-4H,5-10H2,(H2,17,21)(H,18,19). The number of amides is 1. The molecule has 0 saturated carbocycles. The molecule has 1 saturated heterocycles. The van der Waals surface area contributed by atoms with Gasteiger partial charge in [-0.3, -0.25) is 4.79 Å². The van der Waals surface area contributed by atoms with Gasteiger partial charge in [-0.05, 0) is 37.0 Å². The average Bonchev–Trinajstić information content (AvgIpc) is 2.49. The predicted molar refractivity (Wildman–Crippen MR) is 87.4 cm³/mol. The molecule has 3 N–H and O–H groups in total. The van der Waals surface area contributed by atoms with Crippen molar-refractivity contribution in [1.82, 2.24) is 5.32 Å². The van der Waals surface area contributed by atoms with Gasteiger partial charge in [0.05, 0.1) is 4.99 Å². The number of hydrogen-bond acceptors (Lipinski definition) is 3. The first-order chi connectivity index (χ1) is 10.0. The lowest BCUT2D eigenvalue weighted by molar-refractivity contribution is -0.131. The van der Waals surface area contributed by atoms with Gasteiger partial charge in [-0.25, -0.2) is 0 Å². The lowest BCUT2D eigenvalue weighted by Crippen LogP contribution is -2.52. The van der Waals surface area contributed by atoms with Crippen LogP contribution in [0.3, 0.4) is 0 Å². The summed E-state index contributed by atoms with van der Waals surface area (Å²) >= 11 is 10.9. The number of hydrogen-bond donors (Lipinski definition) is 2. The van der Waals surface area contributed by atoms with Gasteiger partial charge in [0.1, 0.15) is 5.41 Å². The summed E-state index contributed by atoms with van der Waals surface area (Å²) in [4.78, 5) is 12.7. The van der Waals surface area contributed by atoms with E-state index < -0.39 is 5.41 Å². The van der Waals surface area contributed by atoms with Gasteiger partial charge in [-0.2, -0.15) is 0 Å². The number of thiocarbonyl (C=S) groups is 1. The minimum Gasteiger partial charge on any atom is -0.392 e. The van der Waals surface area contributed by atoms with Crippen molar-refractivity contribution < 1.29 is 9.53 Å². The van der Waals surface area contributed by atoms with E-state index >= 15 is 0 Å². The molecule has 0 aromatic heterocycles. The molecule has 1 aromatic rings. The van der Waals surface area contributed by atoms with Crippen LogP contribution in [0.15, 0.2) is 24.3 Å². The lowest BCUT2D eigenvalue weighted by Gasteiger charge is -2.34. The van der Waals surface area contributed by atoms with E-state index in [1.807, 2.05) is 24.3 Å². The Hall–Kier alpha value is -1.17. The summed E-state index contributed by atoms with van der Waals surface area (Å²) in [7, 11) is 0. The molecule has 0 bridgehead atoms. The van der Waals surface area contributed by atoms with Gasteiger partial charge in [0, 0.05) is 24.8 Å². The molecule has 0 atom stereocenters. The highest BCUT2D eigenvalue weighted by molar-refractivity contribution is 7.80. The third-order valence-corrected chi connectivity index (χ3v) is 4.51. The fourth-order valence-electron chi connectivity index (χ4n) is 2.45. The third-order valence-electron chi connectivity index (χ3n) is 3.87. The monoisotopic (exact) mass is 326 g/mol. The minimum absolute atomic E-state index is 0.0905. The molecule has 1 aromatic carbocycles. The van der Waals surface area contributed by atoms with E-state index in [2.05, 4.69) is 5.32 Å². The van der Waals surface area contributed by atoms with E-state index in [-0.39, 0.29) is 10.9 Å². The highest BCUT2D eigenvalue weighted by Gasteiger charge is 2.42. The van der Waals surface area contributed by atoms with Gasteiger partial charge in [-0.1, -0.05) is 36.0 Å². The summed E-state index contributed by atoms with van der Waals surface area (Å²) < 4.78 is 5.30. The Balaban J connectivity index is 1.90. The smallest absolute Gasteiger partial charge is 0.233 e. The molecule has 6 heteroatoms. The summed E-state index contributed by atoms with van der Waals surface area (Å²) in [6.45, 7) is 1.58. The molecule has 0 unspecified atom stereocenters. The number of nitrogens with one attached hydrogen (secondary N) is 1. The molecule has 1 aliphatic heterocycles. The van der Waals surface area contributed by atoms with Crippen LogP contribution < -0.4 is 11.1 Å². The highest BCUT2D eigenvalue weighted by Crippen LogP contribution is 2.31. The fraction of sp³-hybridized carbons (Fsp3) is 0.467. The van der Waals surface area contributed by atoms with Gasteiger partial charge < -0.3 is 15.8 Å². The minimum atomic E-state index is -0.756. The van der Waals surface area contributed by atoms with Crippen LogP contribution >= 0.6 is 23.8 Å². The zero-order chi connectivity index (χ0) is 15.3. The zero-order valence-corrected chi connectivity index (χ0v) is 13.3. The number of halogens is 1. The normalized spacial score (nSPS) is 17.2. The largest absolute Gasteiger partial charge is 0.392 e. The Bertz CT molecular complexity index is 513. The maximum Gasteiger partial charge on any atom is 0.233 e. The maximum atomic E-state index is 12.5. The van der Waals surface area contributed by atoms with Crippen molar-refractivity contribution in [3.05, 3.63) is 34.9 Å². The van der Waals surface area contributed by atoms with Crippen LogP contribution in [0.2, 0.25) is 5.02 Å². The average molecular weight is 327 g/mol. The molecule has 1 fully saturated rings. The molecule has 1 amide bonds. The van der Waals surface area contributed by atoms with Crippen LogP contribution in [0.25, 0.3) is 0 Å². The zero-order valence-electron chi connectivity index (χ0n) is 11.7. The van der Waals surface area contributed by atoms with Crippen molar-refractivity contribution in [2.45, 2.75) is 19.3 Å². The quantitative estimate of drug-likeness (QED) is 0.813. The molecule has 0 spiro atoms. The molecule has 0 radical (unpaired) electrons. The lowest BCUT2D eigenvalue weighted by atomic mass is 9.79. The molecular weight excluding hydrogens is 308 g/mol. The van der Waals surface area contributed by atoms with Gasteiger partial charge in [0.25, 0.3) is 0 Å². The van der Waals surface area contributed by atoms with E-state index in [4.69, 9.17) is 34.3 Å². The Kier molecular flexibility index (Phi) is 5.56. The first-order valence-electron chi connectivity index (χ1n) is 6.95. The van der Waals surface area contributed by atoms with Gasteiger partial charge in [0.2, 0.25) is 5.91 Å². The number of rotatable bonds is 5. The van der Waals surface area contributed by atoms with Gasteiger partial charge >= 0.3 is 0 Å². The van der Waals surface area contributed by atoms with Crippen LogP contribution in [-0.4, -0.2) is 30.7 Å². The topological polar surface area (TPSA) is 64.4 Å². The molecule has 21 heavy (non-hydrogen) atoms. The molecule has 1 aliphatic rings. The van der Waals surface area contributed by atoms with Crippen LogP contribution in [0.1, 0.15) is 18.4 Å². The van der Waals surface area contributed by atoms with E-state index in [0.29, 0.717) is 37.6 Å². The summed E-state index contributed by atoms with van der Waals surface area (Å²) in [6, 6.07) is 7.58. The number of benzene rings is 1. The van der Waals surface area contributed by atoms with Crippen molar-refractivity contribution in [1.29, 1.82) is 0 Å². The molecule has 114 valence electrons. The van der Waals surface area contributed by atoms with E-state index in [1.54, 1.807) is 0 Å². The predicted octanol–water partition coefficient (Wildman–Crippen LogP) is 2.08. The summed E-state index contributed by atoms with van der Waals surface area (Å²) in [5.41, 5.74) is 6.17. The Morgan fingerprint density at radius 3 is 2.52 bits per heavy atom. The van der Waals surface area contributed by atoms with Crippen molar-refractivity contribution in [2.24, 2.45) is 11.1 Å². The summed E-state index contributed by atoms with van der Waals surface area (Å²) in [6.07, 6.45) is 1.84. The number of carbonyl (C=O) groups excluding carboxylic acids is 1. The van der Waals surface area contributed by atoms with Crippen molar-refractivity contribution >= 4 is 34.7 Å². The van der Waals surface area contributed by atoms with E-state index in [0.717, 1.165) is 12.0 Å². The van der Waals surface area contributed by atoms with Crippen LogP contribution in [-0.2, 0) is 16.0 Å². The van der Waals surface area contributed by atoms with Gasteiger partial charge in [-0.15, -0.1) is 0 Å². The van der Waals surface area contributed by atoms with Crippen molar-refractivity contribution in [2.75, 3.05) is 19.8 Å². The summed E-state index contributed by atoms with van der Waals surface area (Å²) in [5, 5.41) is 3.65. The van der Waals surface area contributed by atoms with E-state index in [9.17, 15) is 4.79 Å². The Morgan fingerprint density at radius 2 is 1.95 bits per heavy atom. The van der Waals surface area contributed by atoms with Crippen molar-refractivity contribution in [3.63, 3.8) is 0 Å². The summed E-state index contributed by atoms with van der Waals surface area (Å²) in [5.74, 6) is -0.0905. The van der Waals surface area contributed by atoms with Gasteiger partial charge in [0.15, 0.2) is 0 Å². The van der Waals surface area contributed by atoms with Crippen LogP contribution in [0, 0.1) is 5.41 Å². The molecule has 2 rings (SSSR count). The maximum absolute atomic E-state index is 12.5. The number of ether oxygens (including phenoxy) is 1. The van der Waals surface area contributed by atoms with Crippen LogP contribution in [0.5, 0.6) is 0 Å². The Morgan fingerprint density at radius 1 is 1.33 bits per heavy atom. The Labute approximate surface area is 135 Å². The highest BCUT2D eigenvalue weighted by atomic mass is 35.5. The second-order valence-corrected chi connectivity index (χ2v) is 6.07. The number of carbonyl (C=O) groups is 1. The third kappa shape index (κ3) is 3.93. The second kappa shape index (κ2) is 7.20. The second-order valence-electron chi connectivity index (χ2n) is 5.19. The molecule has 1 heterocycles. The first kappa shape index (κ1) is 16.2. The SMILES string of the molecule is NC(=S)C1(C(=O)NCCc2ccc(Cl)cc2)CCOCC1. The fourth-order valence-corrected chi connectivity index (χ4v) is 2.87. The molecule has 0 aliphatic carbocycles.